The number of halogens is 1. The molecule has 0 aromatic rings. The maximum absolute atomic E-state index is 17.9. The Hall–Kier alpha value is -4.04. The van der Waals surface area contributed by atoms with Gasteiger partial charge in [0.05, 0.1) is 30.8 Å². The zero-order valence-electron chi connectivity index (χ0n) is 40.6. The molecule has 382 valence electrons. The number of aliphatic hydroxyl groups is 4. The van der Waals surface area contributed by atoms with Gasteiger partial charge in [0.1, 0.15) is 64.6 Å². The van der Waals surface area contributed by atoms with E-state index in [2.05, 4.69) is 26.6 Å². The van der Waals surface area contributed by atoms with Crippen LogP contribution in [0.4, 0.5) is 28.4 Å². The van der Waals surface area contributed by atoms with Crippen molar-refractivity contribution in [3.63, 3.8) is 0 Å². The van der Waals surface area contributed by atoms with Gasteiger partial charge < -0.3 is 84.3 Å². The van der Waals surface area contributed by atoms with Crippen molar-refractivity contribution in [3.05, 3.63) is 0 Å². The molecule has 24 heteroatoms. The van der Waals surface area contributed by atoms with Crippen molar-refractivity contribution >= 4 is 30.5 Å². The summed E-state index contributed by atoms with van der Waals surface area (Å²) in [6.45, 7) is 22.9. The summed E-state index contributed by atoms with van der Waals surface area (Å²) < 4.78 is 69.1. The highest BCUT2D eigenvalue weighted by atomic mass is 19.1. The Morgan fingerprint density at radius 3 is 1.27 bits per heavy atom. The van der Waals surface area contributed by atoms with Gasteiger partial charge in [-0.15, -0.1) is 0 Å². The molecular weight excluding hydrogens is 881 g/mol. The summed E-state index contributed by atoms with van der Waals surface area (Å²) in [6.07, 6.45) is -24.3. The molecule has 23 nitrogen and oxygen atoms in total. The first-order valence-corrected chi connectivity index (χ1v) is 21.8. The van der Waals surface area contributed by atoms with Crippen molar-refractivity contribution in [2.24, 2.45) is 0 Å². The number of alkyl halides is 1. The van der Waals surface area contributed by atoms with E-state index >= 15 is 4.39 Å². The molecule has 14 atom stereocenters. The smallest absolute Gasteiger partial charge is 0.409 e. The summed E-state index contributed by atoms with van der Waals surface area (Å²) in [5.41, 5.74) is -5.08. The Kier molecular flexibility index (Phi) is 18.7. The fraction of sp³-hybridized carbons (Fsp3) is 0.881. The zero-order chi connectivity index (χ0) is 50.5. The van der Waals surface area contributed by atoms with Gasteiger partial charge in [0, 0.05) is 6.42 Å². The SMILES string of the molecule is CC(C)(C)OC(=O)NC1CC(O)C(NC(=O)OC(C)(C)C)OC1OC1C(NC(=O)OC(C)(C)C)CC(NC(=O)OC(C)(C)C)C(OC2OC(CO)C(O)C(NC(=O)OC(C)(C)C)C2O)C1F. The molecule has 0 spiro atoms. The first-order chi connectivity index (χ1) is 29.9. The Balaban J connectivity index is 2.15. The van der Waals surface area contributed by atoms with Gasteiger partial charge >= 0.3 is 30.5 Å². The van der Waals surface area contributed by atoms with E-state index in [1.807, 2.05) is 0 Å². The average Bonchev–Trinajstić information content (AvgIpc) is 3.08. The minimum atomic E-state index is -2.49. The van der Waals surface area contributed by atoms with Gasteiger partial charge in [0.25, 0.3) is 0 Å². The molecular formula is C42H74FN5O18. The maximum atomic E-state index is 17.9. The maximum Gasteiger partial charge on any atom is 0.409 e. The second-order valence-corrected chi connectivity index (χ2v) is 21.4. The number of aliphatic hydroxyl groups excluding tert-OH is 4. The average molecular weight is 956 g/mol. The van der Waals surface area contributed by atoms with Crippen LogP contribution in [0, 0.1) is 0 Å². The molecule has 2 saturated heterocycles. The standard InChI is InChI=1S/C42H74FN5O18/c1-38(2,3)62-33(53)44-19-16-20(45-34(54)63-39(4,5)6)29(60-32-27(52)25(26(51)23(18-49)58-32)47-36(56)65-41(10,11)12)24(43)28(19)59-31-21(46-35(55)64-40(7,8)9)17-22(50)30(61-31)48-37(57)66-42(13,14)15/h19-32,49-52H,16-18H2,1-15H3,(H,44,53)(H,45,54)(H,46,55)(H,47,56)(H,48,57). The molecule has 0 bridgehead atoms. The van der Waals surface area contributed by atoms with Gasteiger partial charge in [-0.2, -0.15) is 0 Å². The second kappa shape index (κ2) is 21.9. The predicted molar refractivity (Wildman–Crippen MR) is 228 cm³/mol. The van der Waals surface area contributed by atoms with Crippen LogP contribution in [0.1, 0.15) is 117 Å². The normalized spacial score (nSPS) is 32.2. The Morgan fingerprint density at radius 1 is 0.515 bits per heavy atom. The van der Waals surface area contributed by atoms with Crippen LogP contribution in [0.25, 0.3) is 0 Å². The molecule has 0 aromatic heterocycles. The second-order valence-electron chi connectivity index (χ2n) is 21.4. The van der Waals surface area contributed by atoms with Gasteiger partial charge in [-0.1, -0.05) is 0 Å². The highest BCUT2D eigenvalue weighted by Crippen LogP contribution is 2.35. The fourth-order valence-electron chi connectivity index (χ4n) is 6.93. The van der Waals surface area contributed by atoms with Gasteiger partial charge in [-0.25, -0.2) is 28.4 Å². The highest BCUT2D eigenvalue weighted by molar-refractivity contribution is 5.70. The first kappa shape index (κ1) is 56.3. The van der Waals surface area contributed by atoms with Crippen molar-refractivity contribution in [1.29, 1.82) is 0 Å². The number of alkyl carbamates (subject to hydrolysis) is 5. The molecule has 9 N–H and O–H groups in total. The quantitative estimate of drug-likeness (QED) is 0.142. The lowest BCUT2D eigenvalue weighted by Crippen LogP contribution is -2.70. The van der Waals surface area contributed by atoms with Crippen molar-refractivity contribution in [3.8, 4) is 0 Å². The molecule has 3 fully saturated rings. The number of ether oxygens (including phenoxy) is 9. The number of amides is 5. The van der Waals surface area contributed by atoms with E-state index in [0.717, 1.165) is 0 Å². The highest BCUT2D eigenvalue weighted by Gasteiger charge is 2.55. The van der Waals surface area contributed by atoms with E-state index < -0.39 is 157 Å². The van der Waals surface area contributed by atoms with Gasteiger partial charge in [0.2, 0.25) is 0 Å². The molecule has 1 aliphatic carbocycles. The fourth-order valence-corrected chi connectivity index (χ4v) is 6.93. The number of carbonyl (C=O) groups excluding carboxylic acids is 5. The molecule has 2 aliphatic heterocycles. The molecule has 2 heterocycles. The van der Waals surface area contributed by atoms with E-state index in [1.165, 1.54) is 0 Å². The van der Waals surface area contributed by atoms with Crippen LogP contribution in [0.2, 0.25) is 0 Å². The number of rotatable bonds is 10. The Morgan fingerprint density at radius 2 is 0.879 bits per heavy atom. The van der Waals surface area contributed by atoms with Crippen LogP contribution in [0.15, 0.2) is 0 Å². The van der Waals surface area contributed by atoms with E-state index in [4.69, 9.17) is 42.6 Å². The predicted octanol–water partition coefficient (Wildman–Crippen LogP) is 2.47. The summed E-state index contributed by atoms with van der Waals surface area (Å²) >= 11 is 0. The minimum absolute atomic E-state index is 0.375. The lowest BCUT2D eigenvalue weighted by atomic mass is 9.84. The number of carbonyl (C=O) groups is 5. The van der Waals surface area contributed by atoms with E-state index in [1.54, 1.807) is 104 Å². The third kappa shape index (κ3) is 18.2. The van der Waals surface area contributed by atoms with Crippen LogP contribution in [-0.4, -0.2) is 171 Å². The van der Waals surface area contributed by atoms with E-state index in [-0.39, 0.29) is 6.42 Å². The Labute approximate surface area is 385 Å². The summed E-state index contributed by atoms with van der Waals surface area (Å²) in [5.74, 6) is 0. The van der Waals surface area contributed by atoms with Crippen LogP contribution in [-0.2, 0) is 42.6 Å². The number of hydrogen-bond donors (Lipinski definition) is 9. The lowest BCUT2D eigenvalue weighted by Gasteiger charge is -2.49. The van der Waals surface area contributed by atoms with Crippen LogP contribution < -0.4 is 26.6 Å². The molecule has 0 aromatic carbocycles. The third-order valence-electron chi connectivity index (χ3n) is 9.30. The summed E-state index contributed by atoms with van der Waals surface area (Å²) in [4.78, 5) is 65.6. The van der Waals surface area contributed by atoms with E-state index in [9.17, 15) is 44.4 Å². The van der Waals surface area contributed by atoms with Gasteiger partial charge in [-0.3, -0.25) is 5.32 Å². The van der Waals surface area contributed by atoms with Gasteiger partial charge in [-0.05, 0) is 110 Å². The minimum Gasteiger partial charge on any atom is -0.444 e. The number of nitrogens with one attached hydrogen (secondary N) is 5. The van der Waals surface area contributed by atoms with Crippen molar-refractivity contribution in [2.75, 3.05) is 6.61 Å². The molecule has 5 amide bonds. The van der Waals surface area contributed by atoms with Gasteiger partial charge in [0.15, 0.2) is 25.0 Å². The van der Waals surface area contributed by atoms with E-state index in [0.29, 0.717) is 0 Å². The molecule has 3 aliphatic rings. The third-order valence-corrected chi connectivity index (χ3v) is 9.30. The zero-order valence-corrected chi connectivity index (χ0v) is 40.6. The van der Waals surface area contributed by atoms with Crippen LogP contribution in [0.3, 0.4) is 0 Å². The molecule has 66 heavy (non-hydrogen) atoms. The summed E-state index contributed by atoms with van der Waals surface area (Å²) in [7, 11) is 0. The van der Waals surface area contributed by atoms with Crippen molar-refractivity contribution in [1.82, 2.24) is 26.6 Å². The van der Waals surface area contributed by atoms with Crippen molar-refractivity contribution in [2.45, 2.75) is 230 Å². The molecule has 3 rings (SSSR count). The largest absolute Gasteiger partial charge is 0.444 e. The topological polar surface area (TPSA) is 309 Å². The molecule has 1 saturated carbocycles. The molecule has 14 unspecified atom stereocenters. The van der Waals surface area contributed by atoms with Crippen LogP contribution >= 0.6 is 0 Å². The first-order valence-electron chi connectivity index (χ1n) is 21.8. The van der Waals surface area contributed by atoms with Crippen molar-refractivity contribution < 1.29 is 91.4 Å². The lowest BCUT2D eigenvalue weighted by molar-refractivity contribution is -0.313. The number of hydrogen-bond acceptors (Lipinski definition) is 18. The molecule has 0 radical (unpaired) electrons. The van der Waals surface area contributed by atoms with Crippen LogP contribution in [0.5, 0.6) is 0 Å². The Bertz CT molecular complexity index is 1660. The summed E-state index contributed by atoms with van der Waals surface area (Å²) in [5, 5.41) is 56.3. The summed E-state index contributed by atoms with van der Waals surface area (Å²) in [6, 6.07) is -5.86. The monoisotopic (exact) mass is 956 g/mol.